The number of amides is 1. The molecule has 0 aliphatic carbocycles. The number of hydrogen-bond acceptors (Lipinski definition) is 6. The fourth-order valence-electron chi connectivity index (χ4n) is 3.21. The Kier molecular flexibility index (Phi) is 5.63. The van der Waals surface area contributed by atoms with Crippen molar-refractivity contribution in [1.29, 1.82) is 0 Å². The Morgan fingerprint density at radius 1 is 1.11 bits per heavy atom. The first-order valence-electron chi connectivity index (χ1n) is 8.89. The van der Waals surface area contributed by atoms with E-state index in [1.165, 1.54) is 25.1 Å². The van der Waals surface area contributed by atoms with Crippen molar-refractivity contribution in [3.05, 3.63) is 40.3 Å². The van der Waals surface area contributed by atoms with Crippen molar-refractivity contribution in [3.63, 3.8) is 0 Å². The molecule has 1 N–H and O–H groups in total. The molecule has 0 unspecified atom stereocenters. The third-order valence-corrected chi connectivity index (χ3v) is 4.68. The van der Waals surface area contributed by atoms with E-state index in [1.54, 1.807) is 25.2 Å². The SMILES string of the molecule is COc1ccc(C(=O)Nc2cnn(C)c(=O)c2N2CCCCC2)cc1OC. The number of anilines is 2. The third kappa shape index (κ3) is 3.89. The molecule has 0 atom stereocenters. The zero-order valence-corrected chi connectivity index (χ0v) is 15.8. The fourth-order valence-corrected chi connectivity index (χ4v) is 3.21. The third-order valence-electron chi connectivity index (χ3n) is 4.68. The van der Waals surface area contributed by atoms with E-state index in [-0.39, 0.29) is 11.5 Å². The van der Waals surface area contributed by atoms with Crippen LogP contribution in [0.25, 0.3) is 0 Å². The van der Waals surface area contributed by atoms with E-state index in [4.69, 9.17) is 9.47 Å². The second-order valence-corrected chi connectivity index (χ2v) is 6.41. The van der Waals surface area contributed by atoms with Gasteiger partial charge in [0.1, 0.15) is 5.69 Å². The number of aryl methyl sites for hydroxylation is 1. The number of methoxy groups -OCH3 is 2. The molecule has 0 spiro atoms. The Morgan fingerprint density at radius 2 is 1.81 bits per heavy atom. The number of benzene rings is 1. The highest BCUT2D eigenvalue weighted by atomic mass is 16.5. The number of rotatable bonds is 5. The minimum Gasteiger partial charge on any atom is -0.493 e. The molecule has 2 heterocycles. The number of carbonyl (C=O) groups is 1. The zero-order valence-electron chi connectivity index (χ0n) is 15.8. The lowest BCUT2D eigenvalue weighted by molar-refractivity contribution is 0.102. The van der Waals surface area contributed by atoms with Crippen LogP contribution in [0.4, 0.5) is 11.4 Å². The van der Waals surface area contributed by atoms with Crippen LogP contribution in [0.1, 0.15) is 29.6 Å². The molecule has 1 aromatic heterocycles. The van der Waals surface area contributed by atoms with Crippen LogP contribution in [-0.4, -0.2) is 43.0 Å². The number of nitrogens with zero attached hydrogens (tertiary/aromatic N) is 3. The van der Waals surface area contributed by atoms with Crippen molar-refractivity contribution >= 4 is 17.3 Å². The van der Waals surface area contributed by atoms with Gasteiger partial charge < -0.3 is 19.7 Å². The lowest BCUT2D eigenvalue weighted by atomic mass is 10.1. The maximum atomic E-state index is 12.8. The predicted molar refractivity (Wildman–Crippen MR) is 103 cm³/mol. The summed E-state index contributed by atoms with van der Waals surface area (Å²) in [5.74, 6) is 0.658. The number of hydrogen-bond donors (Lipinski definition) is 1. The van der Waals surface area contributed by atoms with E-state index in [9.17, 15) is 9.59 Å². The van der Waals surface area contributed by atoms with Crippen LogP contribution < -0.4 is 25.2 Å². The van der Waals surface area contributed by atoms with Crippen LogP contribution >= 0.6 is 0 Å². The van der Waals surface area contributed by atoms with Gasteiger partial charge in [0.05, 0.1) is 26.1 Å². The van der Waals surface area contributed by atoms with Crippen LogP contribution in [-0.2, 0) is 7.05 Å². The highest BCUT2D eigenvalue weighted by Crippen LogP contribution is 2.29. The van der Waals surface area contributed by atoms with Crippen LogP contribution in [0.5, 0.6) is 11.5 Å². The van der Waals surface area contributed by atoms with Gasteiger partial charge in [-0.25, -0.2) is 4.68 Å². The molecule has 1 saturated heterocycles. The molecule has 0 bridgehead atoms. The van der Waals surface area contributed by atoms with Gasteiger partial charge >= 0.3 is 0 Å². The second-order valence-electron chi connectivity index (χ2n) is 6.41. The highest BCUT2D eigenvalue weighted by molar-refractivity contribution is 6.06. The maximum absolute atomic E-state index is 12.8. The molecule has 27 heavy (non-hydrogen) atoms. The molecule has 1 aromatic carbocycles. The molecule has 2 aromatic rings. The molecule has 1 aliphatic rings. The van der Waals surface area contributed by atoms with Gasteiger partial charge in [0.25, 0.3) is 11.5 Å². The molecule has 3 rings (SSSR count). The number of carbonyl (C=O) groups excluding carboxylic acids is 1. The van der Waals surface area contributed by atoms with E-state index in [2.05, 4.69) is 10.4 Å². The van der Waals surface area contributed by atoms with E-state index in [1.807, 2.05) is 4.90 Å². The molecular formula is C19H24N4O4. The lowest BCUT2D eigenvalue weighted by Crippen LogP contribution is -2.37. The minimum absolute atomic E-state index is 0.220. The summed E-state index contributed by atoms with van der Waals surface area (Å²) in [6, 6.07) is 4.91. The van der Waals surface area contributed by atoms with Gasteiger partial charge in [-0.2, -0.15) is 5.10 Å². The summed E-state index contributed by atoms with van der Waals surface area (Å²) in [4.78, 5) is 27.4. The number of ether oxygens (including phenoxy) is 2. The summed E-state index contributed by atoms with van der Waals surface area (Å²) in [6.45, 7) is 1.58. The molecule has 1 amide bonds. The summed E-state index contributed by atoms with van der Waals surface area (Å²) in [7, 11) is 4.66. The van der Waals surface area contributed by atoms with E-state index < -0.39 is 0 Å². The van der Waals surface area contributed by atoms with Gasteiger partial charge in [0.15, 0.2) is 11.5 Å². The van der Waals surface area contributed by atoms with Crippen molar-refractivity contribution < 1.29 is 14.3 Å². The van der Waals surface area contributed by atoms with Gasteiger partial charge in [-0.05, 0) is 37.5 Å². The standard InChI is InChI=1S/C19H24N4O4/c1-22-19(25)17(23-9-5-4-6-10-23)14(12-20-22)21-18(24)13-7-8-15(26-2)16(11-13)27-3/h7-8,11-12H,4-6,9-10H2,1-3H3,(H,21,24). The number of nitrogens with one attached hydrogen (secondary N) is 1. The fraction of sp³-hybridized carbons (Fsp3) is 0.421. The van der Waals surface area contributed by atoms with Crippen molar-refractivity contribution in [2.24, 2.45) is 7.05 Å². The van der Waals surface area contributed by atoms with Crippen LogP contribution in [0.3, 0.4) is 0 Å². The van der Waals surface area contributed by atoms with Crippen LogP contribution in [0, 0.1) is 0 Å². The molecule has 8 heteroatoms. The summed E-state index contributed by atoms with van der Waals surface area (Å²) in [5.41, 5.74) is 1.08. The Morgan fingerprint density at radius 3 is 2.48 bits per heavy atom. The summed E-state index contributed by atoms with van der Waals surface area (Å²) in [5, 5.41) is 6.89. The zero-order chi connectivity index (χ0) is 19.4. The topological polar surface area (TPSA) is 85.7 Å². The monoisotopic (exact) mass is 372 g/mol. The maximum Gasteiger partial charge on any atom is 0.292 e. The van der Waals surface area contributed by atoms with Gasteiger partial charge in [0, 0.05) is 25.7 Å². The molecule has 1 aliphatic heterocycles. The van der Waals surface area contributed by atoms with Crippen molar-refractivity contribution in [2.45, 2.75) is 19.3 Å². The van der Waals surface area contributed by atoms with Crippen LogP contribution in [0.15, 0.2) is 29.2 Å². The highest BCUT2D eigenvalue weighted by Gasteiger charge is 2.21. The quantitative estimate of drug-likeness (QED) is 0.864. The Balaban J connectivity index is 1.92. The van der Waals surface area contributed by atoms with E-state index in [0.717, 1.165) is 32.4 Å². The molecular weight excluding hydrogens is 348 g/mol. The Labute approximate surface area is 157 Å². The first-order valence-corrected chi connectivity index (χ1v) is 8.89. The van der Waals surface area contributed by atoms with Gasteiger partial charge in [0.2, 0.25) is 0 Å². The predicted octanol–water partition coefficient (Wildman–Crippen LogP) is 2.04. The molecule has 8 nitrogen and oxygen atoms in total. The average Bonchev–Trinajstić information content (AvgIpc) is 2.71. The number of aromatic nitrogens is 2. The smallest absolute Gasteiger partial charge is 0.292 e. The molecule has 144 valence electrons. The van der Waals surface area contributed by atoms with E-state index in [0.29, 0.717) is 28.4 Å². The van der Waals surface area contributed by atoms with Crippen molar-refractivity contribution in [3.8, 4) is 11.5 Å². The molecule has 1 fully saturated rings. The van der Waals surface area contributed by atoms with Crippen molar-refractivity contribution in [2.75, 3.05) is 37.5 Å². The minimum atomic E-state index is -0.343. The van der Waals surface area contributed by atoms with Gasteiger partial charge in [-0.3, -0.25) is 9.59 Å². The van der Waals surface area contributed by atoms with E-state index >= 15 is 0 Å². The largest absolute Gasteiger partial charge is 0.493 e. The Bertz CT molecular complexity index is 888. The average molecular weight is 372 g/mol. The lowest BCUT2D eigenvalue weighted by Gasteiger charge is -2.29. The van der Waals surface area contributed by atoms with Crippen molar-refractivity contribution in [1.82, 2.24) is 9.78 Å². The summed E-state index contributed by atoms with van der Waals surface area (Å²) in [6.07, 6.45) is 4.71. The first-order chi connectivity index (χ1) is 13.0. The normalized spacial score (nSPS) is 14.0. The molecule has 0 radical (unpaired) electrons. The number of piperidine rings is 1. The van der Waals surface area contributed by atoms with Gasteiger partial charge in [-0.15, -0.1) is 0 Å². The summed E-state index contributed by atoms with van der Waals surface area (Å²) < 4.78 is 11.7. The summed E-state index contributed by atoms with van der Waals surface area (Å²) >= 11 is 0. The second kappa shape index (κ2) is 8.11. The Hall–Kier alpha value is -3.03. The van der Waals surface area contributed by atoms with Crippen LogP contribution in [0.2, 0.25) is 0 Å². The molecule has 0 saturated carbocycles. The van der Waals surface area contributed by atoms with Gasteiger partial charge in [-0.1, -0.05) is 0 Å². The first kappa shape index (κ1) is 18.8.